The monoisotopic (exact) mass is 513 g/mol. The largest absolute Gasteiger partial charge is 0.416 e. The van der Waals surface area contributed by atoms with Gasteiger partial charge in [-0.1, -0.05) is 30.3 Å². The van der Waals surface area contributed by atoms with Crippen molar-refractivity contribution in [1.29, 1.82) is 0 Å². The summed E-state index contributed by atoms with van der Waals surface area (Å²) in [6.07, 6.45) is -0.902. The first-order valence-electron chi connectivity index (χ1n) is 12.2. The number of benzene rings is 2. The van der Waals surface area contributed by atoms with Gasteiger partial charge >= 0.3 is 6.18 Å². The van der Waals surface area contributed by atoms with E-state index in [0.29, 0.717) is 24.3 Å². The second-order valence-electron chi connectivity index (χ2n) is 9.16. The molecule has 0 N–H and O–H groups in total. The maximum Gasteiger partial charge on any atom is 0.416 e. The van der Waals surface area contributed by atoms with E-state index in [-0.39, 0.29) is 37.5 Å². The molecule has 0 bridgehead atoms. The number of aromatic nitrogens is 1. The van der Waals surface area contributed by atoms with Crippen molar-refractivity contribution in [1.82, 2.24) is 14.4 Å². The summed E-state index contributed by atoms with van der Waals surface area (Å²) in [6.45, 7) is 1.07. The van der Waals surface area contributed by atoms with Crippen molar-refractivity contribution in [2.24, 2.45) is 0 Å². The van der Waals surface area contributed by atoms with Crippen LogP contribution in [0, 0.1) is 0 Å². The molecule has 1 fully saturated rings. The Labute approximate surface area is 214 Å². The quantitative estimate of drug-likeness (QED) is 0.369. The van der Waals surface area contributed by atoms with E-state index in [0.717, 1.165) is 30.7 Å². The van der Waals surface area contributed by atoms with Gasteiger partial charge < -0.3 is 19.1 Å². The van der Waals surface area contributed by atoms with Crippen LogP contribution in [0.2, 0.25) is 0 Å². The number of amides is 2. The lowest BCUT2D eigenvalue weighted by Crippen LogP contribution is -2.44. The Bertz CT molecular complexity index is 1210. The van der Waals surface area contributed by atoms with Gasteiger partial charge in [-0.25, -0.2) is 0 Å². The highest BCUT2D eigenvalue weighted by Gasteiger charge is 2.35. The Morgan fingerprint density at radius 3 is 2.46 bits per heavy atom. The lowest BCUT2D eigenvalue weighted by Gasteiger charge is -2.28. The van der Waals surface area contributed by atoms with Gasteiger partial charge in [0, 0.05) is 43.7 Å². The smallest absolute Gasteiger partial charge is 0.383 e. The van der Waals surface area contributed by atoms with Crippen LogP contribution in [0.3, 0.4) is 0 Å². The molecule has 0 spiro atoms. The molecule has 3 aromatic rings. The van der Waals surface area contributed by atoms with Gasteiger partial charge in [0.25, 0.3) is 5.91 Å². The minimum Gasteiger partial charge on any atom is -0.383 e. The van der Waals surface area contributed by atoms with Gasteiger partial charge in [-0.15, -0.1) is 0 Å². The molecule has 1 aliphatic carbocycles. The fourth-order valence-corrected chi connectivity index (χ4v) is 4.22. The molecule has 37 heavy (non-hydrogen) atoms. The van der Waals surface area contributed by atoms with Gasteiger partial charge in [0.1, 0.15) is 6.54 Å². The summed E-state index contributed by atoms with van der Waals surface area (Å²) in [5, 5.41) is 0. The van der Waals surface area contributed by atoms with E-state index in [9.17, 15) is 22.8 Å². The molecule has 0 radical (unpaired) electrons. The van der Waals surface area contributed by atoms with Crippen molar-refractivity contribution in [3.8, 4) is 0 Å². The topological polar surface area (TPSA) is 54.8 Å². The number of rotatable bonds is 11. The summed E-state index contributed by atoms with van der Waals surface area (Å²) in [7, 11) is 1.55. The van der Waals surface area contributed by atoms with E-state index in [1.165, 1.54) is 6.07 Å². The van der Waals surface area contributed by atoms with Crippen molar-refractivity contribution < 1.29 is 27.5 Å². The molecule has 1 aromatic heterocycles. The number of methoxy groups -OCH3 is 1. The van der Waals surface area contributed by atoms with Crippen LogP contribution in [0.1, 0.15) is 40.0 Å². The fraction of sp³-hybridized carbons (Fsp3) is 0.357. The number of halogens is 3. The van der Waals surface area contributed by atoms with Crippen LogP contribution < -0.4 is 0 Å². The highest BCUT2D eigenvalue weighted by molar-refractivity contribution is 5.96. The molecule has 0 unspecified atom stereocenters. The predicted octanol–water partition coefficient (Wildman–Crippen LogP) is 4.84. The number of hydrogen-bond acceptors (Lipinski definition) is 3. The summed E-state index contributed by atoms with van der Waals surface area (Å²) >= 11 is 0. The van der Waals surface area contributed by atoms with Crippen molar-refractivity contribution >= 4 is 11.8 Å². The molecule has 1 saturated carbocycles. The molecule has 0 saturated heterocycles. The maximum atomic E-state index is 13.4. The zero-order valence-electron chi connectivity index (χ0n) is 20.7. The van der Waals surface area contributed by atoms with Crippen molar-refractivity contribution in [2.45, 2.75) is 38.1 Å². The third-order valence-electron chi connectivity index (χ3n) is 6.38. The van der Waals surface area contributed by atoms with Crippen LogP contribution in [-0.4, -0.2) is 59.0 Å². The molecule has 4 rings (SSSR count). The van der Waals surface area contributed by atoms with Crippen molar-refractivity contribution in [3.63, 3.8) is 0 Å². The Morgan fingerprint density at radius 2 is 1.78 bits per heavy atom. The molecule has 1 aliphatic rings. The molecule has 9 heteroatoms. The Hall–Kier alpha value is -3.59. The van der Waals surface area contributed by atoms with Crippen LogP contribution >= 0.6 is 0 Å². The summed E-state index contributed by atoms with van der Waals surface area (Å²) in [6, 6.07) is 17.8. The molecular weight excluding hydrogens is 483 g/mol. The minimum absolute atomic E-state index is 0.0452. The minimum atomic E-state index is -4.41. The van der Waals surface area contributed by atoms with Gasteiger partial charge in [0.15, 0.2) is 0 Å². The van der Waals surface area contributed by atoms with Gasteiger partial charge in [-0.3, -0.25) is 9.59 Å². The number of hydrogen-bond donors (Lipinski definition) is 0. The lowest BCUT2D eigenvalue weighted by molar-refractivity contribution is -0.137. The van der Waals surface area contributed by atoms with E-state index in [4.69, 9.17) is 4.74 Å². The van der Waals surface area contributed by atoms with Gasteiger partial charge in [0.2, 0.25) is 5.91 Å². The second-order valence-corrected chi connectivity index (χ2v) is 9.16. The van der Waals surface area contributed by atoms with E-state index >= 15 is 0 Å². The zero-order valence-corrected chi connectivity index (χ0v) is 20.7. The normalized spacial score (nSPS) is 13.4. The SMILES string of the molecule is COCCN(Cc1cccn1Cc1cccc(C(F)(F)F)c1)C(=O)CN(C(=O)c1ccccc1)C1CC1. The molecule has 1 heterocycles. The summed E-state index contributed by atoms with van der Waals surface area (Å²) in [5.41, 5.74) is 1.13. The molecule has 6 nitrogen and oxygen atoms in total. The van der Waals surface area contributed by atoms with E-state index < -0.39 is 11.7 Å². The molecule has 2 amide bonds. The summed E-state index contributed by atoms with van der Waals surface area (Å²) < 4.78 is 46.5. The van der Waals surface area contributed by atoms with Crippen LogP contribution in [0.25, 0.3) is 0 Å². The van der Waals surface area contributed by atoms with Crippen molar-refractivity contribution in [2.75, 3.05) is 26.8 Å². The molecule has 0 atom stereocenters. The number of carbonyl (C=O) groups excluding carboxylic acids is 2. The van der Waals surface area contributed by atoms with Crippen LogP contribution in [0.15, 0.2) is 72.9 Å². The average Bonchev–Trinajstić information content (AvgIpc) is 3.64. The zero-order chi connectivity index (χ0) is 26.4. The number of alkyl halides is 3. The van der Waals surface area contributed by atoms with Crippen LogP contribution in [0.5, 0.6) is 0 Å². The molecule has 0 aliphatic heterocycles. The Morgan fingerprint density at radius 1 is 1.03 bits per heavy atom. The first-order chi connectivity index (χ1) is 17.8. The number of carbonyl (C=O) groups is 2. The molecular formula is C28H30F3N3O3. The highest BCUT2D eigenvalue weighted by atomic mass is 19.4. The summed E-state index contributed by atoms with van der Waals surface area (Å²) in [5.74, 6) is -0.379. The standard InChI is InChI=1S/C28H30F3N3O3/c1-37-16-15-33(26(35)20-34(24-12-13-24)27(36)22-8-3-2-4-9-22)19-25-11-6-14-32(25)18-21-7-5-10-23(17-21)28(29,30)31/h2-11,14,17,24H,12-13,15-16,18-20H2,1H3. The molecule has 196 valence electrons. The second kappa shape index (κ2) is 11.6. The van der Waals surface area contributed by atoms with Gasteiger partial charge in [-0.05, 0) is 54.8 Å². The van der Waals surface area contributed by atoms with E-state index in [2.05, 4.69) is 0 Å². The molecule has 2 aromatic carbocycles. The predicted molar refractivity (Wildman–Crippen MR) is 133 cm³/mol. The first-order valence-corrected chi connectivity index (χ1v) is 12.2. The van der Waals surface area contributed by atoms with Crippen LogP contribution in [0.4, 0.5) is 13.2 Å². The number of ether oxygens (including phenoxy) is 1. The third kappa shape index (κ3) is 7.01. The van der Waals surface area contributed by atoms with E-state index in [1.807, 2.05) is 16.7 Å². The lowest BCUT2D eigenvalue weighted by atomic mass is 10.1. The average molecular weight is 514 g/mol. The van der Waals surface area contributed by atoms with E-state index in [1.54, 1.807) is 59.5 Å². The van der Waals surface area contributed by atoms with Crippen molar-refractivity contribution in [3.05, 3.63) is 95.3 Å². The first kappa shape index (κ1) is 26.5. The Balaban J connectivity index is 1.49. The third-order valence-corrected chi connectivity index (χ3v) is 6.38. The van der Waals surface area contributed by atoms with Gasteiger partial charge in [-0.2, -0.15) is 13.2 Å². The fourth-order valence-electron chi connectivity index (χ4n) is 4.22. The number of nitrogens with zero attached hydrogens (tertiary/aromatic N) is 3. The Kier molecular flexibility index (Phi) is 8.33. The highest BCUT2D eigenvalue weighted by Crippen LogP contribution is 2.30. The summed E-state index contributed by atoms with van der Waals surface area (Å²) in [4.78, 5) is 29.8. The maximum absolute atomic E-state index is 13.4. The van der Waals surface area contributed by atoms with Crippen LogP contribution in [-0.2, 0) is 28.8 Å². The van der Waals surface area contributed by atoms with Gasteiger partial charge in [0.05, 0.1) is 18.7 Å².